The predicted octanol–water partition coefficient (Wildman–Crippen LogP) is 3.70. The molecule has 1 heterocycles. The van der Waals surface area contributed by atoms with Gasteiger partial charge in [0, 0.05) is 5.69 Å². The van der Waals surface area contributed by atoms with E-state index < -0.39 is 11.8 Å². The quantitative estimate of drug-likeness (QED) is 0.497. The molecule has 0 spiro atoms. The number of nitrogens with one attached hydrogen (secondary N) is 1. The number of aryl methyl sites for hydroxylation is 1. The number of benzene rings is 2. The molecule has 144 valence electrons. The number of esters is 1. The van der Waals surface area contributed by atoms with Crippen molar-refractivity contribution >= 4 is 29.3 Å². The monoisotopic (exact) mass is 401 g/mol. The van der Waals surface area contributed by atoms with Crippen LogP contribution in [0.3, 0.4) is 0 Å². The number of carbonyl (C=O) groups excluding carboxylic acids is 2. The van der Waals surface area contributed by atoms with Crippen molar-refractivity contribution in [1.82, 2.24) is 10.2 Å². The van der Waals surface area contributed by atoms with E-state index in [2.05, 4.69) is 20.3 Å². The summed E-state index contributed by atoms with van der Waals surface area (Å²) in [5.41, 5.74) is 1.83. The van der Waals surface area contributed by atoms with Crippen LogP contribution in [0.1, 0.15) is 15.9 Å². The maximum absolute atomic E-state index is 13.8. The summed E-state index contributed by atoms with van der Waals surface area (Å²) in [4.78, 5) is 23.8. The molecule has 1 N–H and O–H groups in total. The first-order valence-corrected chi connectivity index (χ1v) is 9.16. The number of nitrogens with zero attached hydrogens (tertiary/aromatic N) is 2. The van der Waals surface area contributed by atoms with Crippen molar-refractivity contribution in [2.75, 3.05) is 18.2 Å². The van der Waals surface area contributed by atoms with Gasteiger partial charge in [0.1, 0.15) is 5.82 Å². The lowest BCUT2D eigenvalue weighted by Gasteiger charge is -2.09. The van der Waals surface area contributed by atoms with E-state index in [4.69, 9.17) is 4.42 Å². The third-order valence-corrected chi connectivity index (χ3v) is 4.59. The number of aromatic nitrogens is 2. The van der Waals surface area contributed by atoms with Gasteiger partial charge >= 0.3 is 5.97 Å². The Balaban J connectivity index is 1.63. The topological polar surface area (TPSA) is 94.3 Å². The standard InChI is InChI=1S/C19H16FN3O4S/c1-11-7-8-12(18(25)26-2)9-15(11)21-16(24)10-28-19-23-22-17(27-19)13-5-3-4-6-14(13)20/h3-9H,10H2,1-2H3,(H,21,24). The largest absolute Gasteiger partial charge is 0.465 e. The van der Waals surface area contributed by atoms with Crippen molar-refractivity contribution in [3.8, 4) is 11.5 Å². The fourth-order valence-corrected chi connectivity index (χ4v) is 2.89. The van der Waals surface area contributed by atoms with Crippen molar-refractivity contribution in [3.05, 3.63) is 59.4 Å². The molecule has 0 bridgehead atoms. The molecule has 9 heteroatoms. The van der Waals surface area contributed by atoms with Crippen molar-refractivity contribution in [2.45, 2.75) is 12.1 Å². The van der Waals surface area contributed by atoms with Crippen molar-refractivity contribution in [3.63, 3.8) is 0 Å². The second-order valence-corrected chi connectivity index (χ2v) is 6.64. The molecule has 0 aliphatic carbocycles. The zero-order valence-electron chi connectivity index (χ0n) is 15.1. The van der Waals surface area contributed by atoms with Gasteiger partial charge in [-0.25, -0.2) is 9.18 Å². The maximum atomic E-state index is 13.8. The Hall–Kier alpha value is -3.20. The lowest BCUT2D eigenvalue weighted by Crippen LogP contribution is -2.15. The highest BCUT2D eigenvalue weighted by atomic mass is 32.2. The summed E-state index contributed by atoms with van der Waals surface area (Å²) in [7, 11) is 1.29. The van der Waals surface area contributed by atoms with Gasteiger partial charge in [0.25, 0.3) is 11.1 Å². The number of thioether (sulfide) groups is 1. The minimum atomic E-state index is -0.489. The Morgan fingerprint density at radius 1 is 1.21 bits per heavy atom. The Kier molecular flexibility index (Phi) is 6.05. The van der Waals surface area contributed by atoms with Crippen LogP contribution in [-0.2, 0) is 9.53 Å². The molecule has 0 saturated heterocycles. The van der Waals surface area contributed by atoms with Gasteiger partial charge in [-0.1, -0.05) is 30.0 Å². The average molecular weight is 401 g/mol. The van der Waals surface area contributed by atoms with Crippen molar-refractivity contribution < 1.29 is 23.1 Å². The zero-order valence-corrected chi connectivity index (χ0v) is 15.9. The number of rotatable bonds is 6. The smallest absolute Gasteiger partial charge is 0.337 e. The highest BCUT2D eigenvalue weighted by molar-refractivity contribution is 7.99. The molecule has 1 amide bonds. The van der Waals surface area contributed by atoms with Crippen LogP contribution in [0.4, 0.5) is 10.1 Å². The first kappa shape index (κ1) is 19.6. The van der Waals surface area contributed by atoms with Gasteiger partial charge in [0.2, 0.25) is 5.91 Å². The van der Waals surface area contributed by atoms with Gasteiger partial charge in [-0.3, -0.25) is 4.79 Å². The van der Waals surface area contributed by atoms with Crippen LogP contribution in [-0.4, -0.2) is 34.9 Å². The summed E-state index contributed by atoms with van der Waals surface area (Å²) in [6.07, 6.45) is 0. The fourth-order valence-electron chi connectivity index (χ4n) is 2.33. The number of hydrogen-bond donors (Lipinski definition) is 1. The summed E-state index contributed by atoms with van der Waals surface area (Å²) in [6, 6.07) is 10.9. The molecule has 0 atom stereocenters. The van der Waals surface area contributed by atoms with Gasteiger partial charge in [0.15, 0.2) is 0 Å². The molecule has 0 aliphatic heterocycles. The van der Waals surface area contributed by atoms with E-state index >= 15 is 0 Å². The highest BCUT2D eigenvalue weighted by Gasteiger charge is 2.15. The molecule has 28 heavy (non-hydrogen) atoms. The molecule has 0 aliphatic rings. The second-order valence-electron chi connectivity index (χ2n) is 5.71. The van der Waals surface area contributed by atoms with Crippen LogP contribution in [0.25, 0.3) is 11.5 Å². The highest BCUT2D eigenvalue weighted by Crippen LogP contribution is 2.25. The van der Waals surface area contributed by atoms with E-state index in [0.29, 0.717) is 11.3 Å². The number of anilines is 1. The molecule has 0 saturated carbocycles. The predicted molar refractivity (Wildman–Crippen MR) is 102 cm³/mol. The SMILES string of the molecule is COC(=O)c1ccc(C)c(NC(=O)CSc2nnc(-c3ccccc3F)o2)c1. The third kappa shape index (κ3) is 4.55. The summed E-state index contributed by atoms with van der Waals surface area (Å²) in [6.45, 7) is 1.81. The van der Waals surface area contributed by atoms with Crippen LogP contribution in [0, 0.1) is 12.7 Å². The number of hydrogen-bond acceptors (Lipinski definition) is 7. The van der Waals surface area contributed by atoms with Crippen LogP contribution < -0.4 is 5.32 Å². The minimum Gasteiger partial charge on any atom is -0.465 e. The van der Waals surface area contributed by atoms with Gasteiger partial charge in [-0.15, -0.1) is 10.2 Å². The Morgan fingerprint density at radius 3 is 2.75 bits per heavy atom. The summed E-state index contributed by atoms with van der Waals surface area (Å²) in [5, 5.41) is 10.5. The van der Waals surface area contributed by atoms with Crippen LogP contribution in [0.15, 0.2) is 52.1 Å². The van der Waals surface area contributed by atoms with Crippen molar-refractivity contribution in [1.29, 1.82) is 0 Å². The summed E-state index contributed by atoms with van der Waals surface area (Å²) in [5.74, 6) is -1.23. The van der Waals surface area contributed by atoms with Crippen LogP contribution in [0.5, 0.6) is 0 Å². The van der Waals surface area contributed by atoms with Gasteiger partial charge in [0.05, 0.1) is 24.0 Å². The number of methoxy groups -OCH3 is 1. The molecule has 2 aromatic carbocycles. The number of halogens is 1. The zero-order chi connectivity index (χ0) is 20.1. The molecule has 3 rings (SSSR count). The average Bonchev–Trinajstić information content (AvgIpc) is 3.16. The van der Waals surface area contributed by atoms with E-state index in [1.54, 1.807) is 30.3 Å². The first-order chi connectivity index (χ1) is 13.5. The van der Waals surface area contributed by atoms with Crippen LogP contribution >= 0.6 is 11.8 Å². The molecule has 1 aromatic heterocycles. The summed E-state index contributed by atoms with van der Waals surface area (Å²) < 4.78 is 23.8. The van der Waals surface area contributed by atoms with Gasteiger partial charge < -0.3 is 14.5 Å². The third-order valence-electron chi connectivity index (χ3n) is 3.77. The Bertz CT molecular complexity index is 1020. The molecule has 7 nitrogen and oxygen atoms in total. The first-order valence-electron chi connectivity index (χ1n) is 8.18. The van der Waals surface area contributed by atoms with E-state index in [-0.39, 0.29) is 28.3 Å². The maximum Gasteiger partial charge on any atom is 0.337 e. The Labute approximate surface area is 164 Å². The van der Waals surface area contributed by atoms with Gasteiger partial charge in [-0.2, -0.15) is 0 Å². The number of ether oxygens (including phenoxy) is 1. The summed E-state index contributed by atoms with van der Waals surface area (Å²) >= 11 is 1.02. The molecule has 0 unspecified atom stereocenters. The van der Waals surface area contributed by atoms with Gasteiger partial charge in [-0.05, 0) is 36.8 Å². The normalized spacial score (nSPS) is 10.5. The molecular weight excluding hydrogens is 385 g/mol. The number of amides is 1. The van der Waals surface area contributed by atoms with E-state index in [0.717, 1.165) is 17.3 Å². The molecular formula is C19H16FN3O4S. The molecule has 0 fully saturated rings. The molecule has 3 aromatic rings. The van der Waals surface area contributed by atoms with E-state index in [1.165, 1.54) is 19.2 Å². The lowest BCUT2D eigenvalue weighted by molar-refractivity contribution is -0.113. The van der Waals surface area contributed by atoms with Crippen LogP contribution in [0.2, 0.25) is 0 Å². The second kappa shape index (κ2) is 8.66. The molecule has 0 radical (unpaired) electrons. The lowest BCUT2D eigenvalue weighted by atomic mass is 10.1. The number of carbonyl (C=O) groups is 2. The fraction of sp³-hybridized carbons (Fsp3) is 0.158. The Morgan fingerprint density at radius 2 is 2.00 bits per heavy atom. The minimum absolute atomic E-state index is 0.000791. The van der Waals surface area contributed by atoms with E-state index in [9.17, 15) is 14.0 Å². The van der Waals surface area contributed by atoms with E-state index in [1.807, 2.05) is 6.92 Å². The van der Waals surface area contributed by atoms with Crippen molar-refractivity contribution in [2.24, 2.45) is 0 Å².